The minimum Gasteiger partial charge on any atom is -0.312 e. The van der Waals surface area contributed by atoms with Gasteiger partial charge in [-0.1, -0.05) is 18.2 Å². The van der Waals surface area contributed by atoms with Gasteiger partial charge in [0.25, 0.3) is 0 Å². The number of rotatable bonds is 5. The zero-order chi connectivity index (χ0) is 14.5. The van der Waals surface area contributed by atoms with E-state index in [1.165, 1.54) is 16.5 Å². The molecule has 0 unspecified atom stereocenters. The highest BCUT2D eigenvalue weighted by Gasteiger charge is 1.99. The lowest BCUT2D eigenvalue weighted by molar-refractivity contribution is 0.686. The maximum absolute atomic E-state index is 4.53. The van der Waals surface area contributed by atoms with Crippen LogP contribution in [0.4, 0.5) is 0 Å². The van der Waals surface area contributed by atoms with Gasteiger partial charge in [0.05, 0.1) is 5.52 Å². The zero-order valence-electron chi connectivity index (χ0n) is 12.2. The molecule has 3 rings (SSSR count). The van der Waals surface area contributed by atoms with Gasteiger partial charge in [-0.2, -0.15) is 0 Å². The van der Waals surface area contributed by atoms with E-state index in [0.717, 1.165) is 30.7 Å². The predicted octanol–water partition coefficient (Wildman–Crippen LogP) is 3.27. The zero-order valence-corrected chi connectivity index (χ0v) is 12.2. The third kappa shape index (κ3) is 3.64. The number of nitrogens with zero attached hydrogens (tertiary/aromatic N) is 2. The average molecular weight is 277 g/mol. The van der Waals surface area contributed by atoms with Crippen molar-refractivity contribution in [3.05, 3.63) is 71.7 Å². The molecule has 0 fully saturated rings. The first-order valence-electron chi connectivity index (χ1n) is 7.27. The second-order valence-corrected chi connectivity index (χ2v) is 5.27. The highest BCUT2D eigenvalue weighted by atomic mass is 14.8. The molecule has 2 heterocycles. The van der Waals surface area contributed by atoms with E-state index in [-0.39, 0.29) is 0 Å². The molecule has 3 aromatic rings. The molecule has 2 aromatic heterocycles. The highest BCUT2D eigenvalue weighted by Crippen LogP contribution is 2.14. The van der Waals surface area contributed by atoms with E-state index < -0.39 is 0 Å². The topological polar surface area (TPSA) is 37.8 Å². The number of fused-ring (bicyclic) bond motifs is 1. The summed E-state index contributed by atoms with van der Waals surface area (Å²) in [6, 6.07) is 14.7. The summed E-state index contributed by atoms with van der Waals surface area (Å²) in [5.74, 6) is 0. The maximum atomic E-state index is 4.53. The monoisotopic (exact) mass is 277 g/mol. The predicted molar refractivity (Wildman–Crippen MR) is 86.1 cm³/mol. The number of hydrogen-bond donors (Lipinski definition) is 1. The largest absolute Gasteiger partial charge is 0.312 e. The van der Waals surface area contributed by atoms with Gasteiger partial charge in [0.1, 0.15) is 0 Å². The summed E-state index contributed by atoms with van der Waals surface area (Å²) in [6.45, 7) is 3.85. The Bertz CT molecular complexity index is 723. The Morgan fingerprint density at radius 2 is 2.00 bits per heavy atom. The number of pyridine rings is 2. The van der Waals surface area contributed by atoms with Crippen LogP contribution in [0.25, 0.3) is 10.9 Å². The lowest BCUT2D eigenvalue weighted by Gasteiger charge is -2.06. The smallest absolute Gasteiger partial charge is 0.0705 e. The van der Waals surface area contributed by atoms with E-state index in [2.05, 4.69) is 51.7 Å². The summed E-state index contributed by atoms with van der Waals surface area (Å²) in [4.78, 5) is 8.65. The first-order chi connectivity index (χ1) is 10.3. The van der Waals surface area contributed by atoms with Gasteiger partial charge < -0.3 is 5.32 Å². The van der Waals surface area contributed by atoms with Crippen LogP contribution in [0, 0.1) is 6.92 Å². The minimum atomic E-state index is 0.879. The van der Waals surface area contributed by atoms with E-state index in [4.69, 9.17) is 0 Å². The summed E-state index contributed by atoms with van der Waals surface area (Å²) in [7, 11) is 0. The van der Waals surface area contributed by atoms with Crippen LogP contribution in [0.5, 0.6) is 0 Å². The van der Waals surface area contributed by atoms with Crippen molar-refractivity contribution in [2.75, 3.05) is 6.54 Å². The third-order valence-corrected chi connectivity index (χ3v) is 3.54. The van der Waals surface area contributed by atoms with Crippen molar-refractivity contribution in [1.82, 2.24) is 15.3 Å². The number of benzene rings is 1. The van der Waals surface area contributed by atoms with E-state index in [9.17, 15) is 0 Å². The number of aromatic nitrogens is 2. The molecule has 0 amide bonds. The normalized spacial score (nSPS) is 10.9. The quantitative estimate of drug-likeness (QED) is 0.727. The van der Waals surface area contributed by atoms with Gasteiger partial charge in [0.15, 0.2) is 0 Å². The van der Waals surface area contributed by atoms with Crippen LogP contribution in [0.3, 0.4) is 0 Å². The van der Waals surface area contributed by atoms with E-state index in [1.54, 1.807) is 0 Å². The lowest BCUT2D eigenvalue weighted by Crippen LogP contribution is -2.16. The SMILES string of the molecule is Cc1ccc2cc(CNCCc3cccnc3)ccc2n1. The molecule has 0 atom stereocenters. The van der Waals surface area contributed by atoms with Crippen LogP contribution in [0.2, 0.25) is 0 Å². The van der Waals surface area contributed by atoms with Crippen LogP contribution in [-0.2, 0) is 13.0 Å². The van der Waals surface area contributed by atoms with Gasteiger partial charge in [0, 0.05) is 30.0 Å². The van der Waals surface area contributed by atoms with Gasteiger partial charge in [0.2, 0.25) is 0 Å². The van der Waals surface area contributed by atoms with Crippen LogP contribution in [0.1, 0.15) is 16.8 Å². The van der Waals surface area contributed by atoms with Crippen LogP contribution < -0.4 is 5.32 Å². The van der Waals surface area contributed by atoms with Crippen molar-refractivity contribution >= 4 is 10.9 Å². The number of nitrogens with one attached hydrogen (secondary N) is 1. The second-order valence-electron chi connectivity index (χ2n) is 5.27. The molecule has 1 N–H and O–H groups in total. The summed E-state index contributed by atoms with van der Waals surface area (Å²) >= 11 is 0. The first-order valence-corrected chi connectivity index (χ1v) is 7.27. The van der Waals surface area contributed by atoms with Crippen molar-refractivity contribution in [2.24, 2.45) is 0 Å². The summed E-state index contributed by atoms with van der Waals surface area (Å²) in [5.41, 5.74) is 4.68. The van der Waals surface area contributed by atoms with Gasteiger partial charge >= 0.3 is 0 Å². The van der Waals surface area contributed by atoms with Crippen LogP contribution >= 0.6 is 0 Å². The Morgan fingerprint density at radius 1 is 1.05 bits per heavy atom. The van der Waals surface area contributed by atoms with Gasteiger partial charge in [-0.05, 0) is 55.3 Å². The molecule has 0 aliphatic heterocycles. The second kappa shape index (κ2) is 6.46. The highest BCUT2D eigenvalue weighted by molar-refractivity contribution is 5.79. The Labute approximate surface area is 125 Å². The molecule has 0 bridgehead atoms. The van der Waals surface area contributed by atoms with Crippen molar-refractivity contribution in [2.45, 2.75) is 19.9 Å². The maximum Gasteiger partial charge on any atom is 0.0705 e. The fourth-order valence-electron chi connectivity index (χ4n) is 2.40. The van der Waals surface area contributed by atoms with Crippen LogP contribution in [-0.4, -0.2) is 16.5 Å². The van der Waals surface area contributed by atoms with E-state index in [1.807, 2.05) is 25.4 Å². The Hall–Kier alpha value is -2.26. The Morgan fingerprint density at radius 3 is 2.86 bits per heavy atom. The van der Waals surface area contributed by atoms with Gasteiger partial charge in [-0.25, -0.2) is 0 Å². The van der Waals surface area contributed by atoms with Crippen molar-refractivity contribution < 1.29 is 0 Å². The van der Waals surface area contributed by atoms with Crippen molar-refractivity contribution in [3.63, 3.8) is 0 Å². The van der Waals surface area contributed by atoms with Gasteiger partial charge in [-0.15, -0.1) is 0 Å². The molecule has 3 heteroatoms. The third-order valence-electron chi connectivity index (χ3n) is 3.54. The van der Waals surface area contributed by atoms with E-state index >= 15 is 0 Å². The molecular weight excluding hydrogens is 258 g/mol. The molecule has 0 aliphatic carbocycles. The van der Waals surface area contributed by atoms with Crippen LogP contribution in [0.15, 0.2) is 54.9 Å². The minimum absolute atomic E-state index is 0.879. The summed E-state index contributed by atoms with van der Waals surface area (Å²) in [6.07, 6.45) is 4.73. The fraction of sp³-hybridized carbons (Fsp3) is 0.222. The molecule has 0 spiro atoms. The Balaban J connectivity index is 1.57. The lowest BCUT2D eigenvalue weighted by atomic mass is 10.1. The Kier molecular flexibility index (Phi) is 4.22. The summed E-state index contributed by atoms with van der Waals surface area (Å²) in [5, 5.41) is 4.68. The molecule has 0 radical (unpaired) electrons. The molecule has 3 nitrogen and oxygen atoms in total. The van der Waals surface area contributed by atoms with Crippen molar-refractivity contribution in [3.8, 4) is 0 Å². The first kappa shape index (κ1) is 13.7. The average Bonchev–Trinajstić information content (AvgIpc) is 2.52. The van der Waals surface area contributed by atoms with E-state index in [0.29, 0.717) is 0 Å². The molecule has 0 saturated carbocycles. The van der Waals surface area contributed by atoms with Gasteiger partial charge in [-0.3, -0.25) is 9.97 Å². The number of hydrogen-bond acceptors (Lipinski definition) is 3. The summed E-state index contributed by atoms with van der Waals surface area (Å²) < 4.78 is 0. The number of aryl methyl sites for hydroxylation is 1. The molecule has 0 aliphatic rings. The molecule has 1 aromatic carbocycles. The molecule has 21 heavy (non-hydrogen) atoms. The molecule has 106 valence electrons. The fourth-order valence-corrected chi connectivity index (χ4v) is 2.40. The molecular formula is C18H19N3. The molecule has 0 saturated heterocycles. The van der Waals surface area contributed by atoms with Crippen molar-refractivity contribution in [1.29, 1.82) is 0 Å². The standard InChI is InChI=1S/C18H19N3/c1-14-4-6-17-11-16(5-7-18(17)21-14)13-20-10-8-15-3-2-9-19-12-15/h2-7,9,11-12,20H,8,10,13H2,1H3.